The van der Waals surface area contributed by atoms with Crippen molar-refractivity contribution in [2.45, 2.75) is 20.3 Å². The Morgan fingerprint density at radius 1 is 1.62 bits per heavy atom. The van der Waals surface area contributed by atoms with Crippen LogP contribution in [0.25, 0.3) is 0 Å². The Labute approximate surface area is 49.4 Å². The Morgan fingerprint density at radius 3 is 2.38 bits per heavy atom. The lowest BCUT2D eigenvalue weighted by Gasteiger charge is -2.10. The number of rotatable bonds is 0. The Balaban J connectivity index is 2.82. The highest BCUT2D eigenvalue weighted by Crippen LogP contribution is 2.25. The monoisotopic (exact) mass is 110 g/mol. The molecule has 0 saturated carbocycles. The first-order valence-electron chi connectivity index (χ1n) is 2.84. The van der Waals surface area contributed by atoms with Gasteiger partial charge in [-0.2, -0.15) is 0 Å². The minimum absolute atomic E-state index is 0.167. The molecule has 0 unspecified atom stereocenters. The van der Waals surface area contributed by atoms with Crippen LogP contribution in [0.15, 0.2) is 12.2 Å². The second-order valence-electron chi connectivity index (χ2n) is 2.75. The third-order valence-electron chi connectivity index (χ3n) is 1.56. The molecule has 0 spiro atoms. The molecule has 1 aliphatic carbocycles. The summed E-state index contributed by atoms with van der Waals surface area (Å²) in [6, 6.07) is 0. The van der Waals surface area contributed by atoms with Crippen LogP contribution in [0.4, 0.5) is 0 Å². The molecular weight excluding hydrogens is 100 g/mol. The average molecular weight is 110 g/mol. The highest BCUT2D eigenvalue weighted by molar-refractivity contribution is 5.89. The zero-order valence-corrected chi connectivity index (χ0v) is 5.27. The zero-order valence-electron chi connectivity index (χ0n) is 5.27. The Hall–Kier alpha value is -0.590. The Kier molecular flexibility index (Phi) is 0.999. The van der Waals surface area contributed by atoms with E-state index in [4.69, 9.17) is 0 Å². The van der Waals surface area contributed by atoms with E-state index in [2.05, 4.69) is 0 Å². The van der Waals surface area contributed by atoms with E-state index in [1.54, 1.807) is 0 Å². The highest BCUT2D eigenvalue weighted by Gasteiger charge is 2.26. The molecule has 1 aliphatic rings. The first-order valence-corrected chi connectivity index (χ1v) is 2.84. The quantitative estimate of drug-likeness (QED) is 0.432. The van der Waals surface area contributed by atoms with Crippen molar-refractivity contribution in [1.29, 1.82) is 0 Å². The molecule has 1 rings (SSSR count). The van der Waals surface area contributed by atoms with E-state index < -0.39 is 0 Å². The molecule has 0 fully saturated rings. The molecular formula is C7H10O. The number of carbonyl (C=O) groups excluding carboxylic acids is 1. The molecule has 0 saturated heterocycles. The van der Waals surface area contributed by atoms with Crippen LogP contribution >= 0.6 is 0 Å². The minimum Gasteiger partial charge on any atom is -0.298 e. The maximum Gasteiger partial charge on any atom is 0.145 e. The van der Waals surface area contributed by atoms with E-state index in [0.717, 1.165) is 0 Å². The molecule has 0 aromatic rings. The van der Waals surface area contributed by atoms with Crippen LogP contribution in [0.1, 0.15) is 20.3 Å². The normalized spacial score (nSPS) is 24.5. The van der Waals surface area contributed by atoms with Gasteiger partial charge in [0.1, 0.15) is 5.78 Å². The third kappa shape index (κ3) is 0.683. The number of hydrogen-bond donors (Lipinski definition) is 0. The minimum atomic E-state index is -0.167. The van der Waals surface area contributed by atoms with Crippen molar-refractivity contribution in [3.8, 4) is 0 Å². The zero-order chi connectivity index (χ0) is 6.20. The van der Waals surface area contributed by atoms with E-state index in [0.29, 0.717) is 12.2 Å². The smallest absolute Gasteiger partial charge is 0.145 e. The van der Waals surface area contributed by atoms with Gasteiger partial charge in [0.15, 0.2) is 0 Å². The summed E-state index contributed by atoms with van der Waals surface area (Å²) in [5.41, 5.74) is -0.167. The lowest BCUT2D eigenvalue weighted by Crippen LogP contribution is -2.15. The summed E-state index contributed by atoms with van der Waals surface area (Å²) in [7, 11) is 0. The molecule has 8 heavy (non-hydrogen) atoms. The van der Waals surface area contributed by atoms with Crippen LogP contribution in [0.2, 0.25) is 0 Å². The fraction of sp³-hybridized carbons (Fsp3) is 0.571. The van der Waals surface area contributed by atoms with Crippen LogP contribution in [0, 0.1) is 5.41 Å². The van der Waals surface area contributed by atoms with Gasteiger partial charge in [-0.3, -0.25) is 4.79 Å². The van der Waals surface area contributed by atoms with E-state index in [-0.39, 0.29) is 5.41 Å². The van der Waals surface area contributed by atoms with Gasteiger partial charge in [0.05, 0.1) is 0 Å². The first-order chi connectivity index (χ1) is 3.63. The van der Waals surface area contributed by atoms with E-state index in [1.807, 2.05) is 26.0 Å². The van der Waals surface area contributed by atoms with Gasteiger partial charge in [0.25, 0.3) is 0 Å². The number of allylic oxidation sites excluding steroid dienone is 2. The summed E-state index contributed by atoms with van der Waals surface area (Å²) in [6.07, 6.45) is 4.53. The molecule has 0 amide bonds. The van der Waals surface area contributed by atoms with Crippen LogP contribution < -0.4 is 0 Å². The summed E-state index contributed by atoms with van der Waals surface area (Å²) in [5.74, 6) is 0.331. The van der Waals surface area contributed by atoms with Crippen LogP contribution in [-0.2, 0) is 4.79 Å². The van der Waals surface area contributed by atoms with Gasteiger partial charge >= 0.3 is 0 Å². The highest BCUT2D eigenvalue weighted by atomic mass is 16.1. The third-order valence-corrected chi connectivity index (χ3v) is 1.56. The first kappa shape index (κ1) is 5.54. The fourth-order valence-corrected chi connectivity index (χ4v) is 0.817. The summed E-state index contributed by atoms with van der Waals surface area (Å²) >= 11 is 0. The second kappa shape index (κ2) is 1.44. The largest absolute Gasteiger partial charge is 0.298 e. The molecule has 1 nitrogen and oxygen atoms in total. The standard InChI is InChI=1S/C7H10O/c1-7(2)5-3-4-6(7)8/h3,5H,4H2,1-2H3. The predicted octanol–water partition coefficient (Wildman–Crippen LogP) is 1.54. The number of Topliss-reactive ketones (excluding diaryl/α,β-unsaturated/α-hetero) is 1. The Bertz CT molecular complexity index is 142. The summed E-state index contributed by atoms with van der Waals surface area (Å²) in [4.78, 5) is 10.8. The number of carbonyl (C=O) groups is 1. The van der Waals surface area contributed by atoms with Crippen LogP contribution in [-0.4, -0.2) is 5.78 Å². The van der Waals surface area contributed by atoms with Gasteiger partial charge in [0.2, 0.25) is 0 Å². The molecule has 44 valence electrons. The van der Waals surface area contributed by atoms with Gasteiger partial charge < -0.3 is 0 Å². The van der Waals surface area contributed by atoms with Crippen molar-refractivity contribution < 1.29 is 4.79 Å². The second-order valence-corrected chi connectivity index (χ2v) is 2.75. The van der Waals surface area contributed by atoms with E-state index in [1.165, 1.54) is 0 Å². The molecule has 0 radical (unpaired) electrons. The molecule has 0 N–H and O–H groups in total. The van der Waals surface area contributed by atoms with Gasteiger partial charge in [-0.1, -0.05) is 12.2 Å². The molecule has 0 bridgehead atoms. The molecule has 0 heterocycles. The maximum atomic E-state index is 10.8. The van der Waals surface area contributed by atoms with Gasteiger partial charge in [-0.05, 0) is 13.8 Å². The van der Waals surface area contributed by atoms with Crippen molar-refractivity contribution in [3.05, 3.63) is 12.2 Å². The maximum absolute atomic E-state index is 10.8. The number of ketones is 1. The van der Waals surface area contributed by atoms with Crippen LogP contribution in [0.5, 0.6) is 0 Å². The van der Waals surface area contributed by atoms with Gasteiger partial charge in [-0.25, -0.2) is 0 Å². The van der Waals surface area contributed by atoms with Gasteiger partial charge in [-0.15, -0.1) is 0 Å². The fourth-order valence-electron chi connectivity index (χ4n) is 0.817. The van der Waals surface area contributed by atoms with Crippen LogP contribution in [0.3, 0.4) is 0 Å². The summed E-state index contributed by atoms with van der Waals surface area (Å²) in [6.45, 7) is 3.89. The molecule has 0 aromatic heterocycles. The Morgan fingerprint density at radius 2 is 2.25 bits per heavy atom. The summed E-state index contributed by atoms with van der Waals surface area (Å²) in [5, 5.41) is 0. The van der Waals surface area contributed by atoms with Crippen molar-refractivity contribution in [3.63, 3.8) is 0 Å². The average Bonchev–Trinajstić information content (AvgIpc) is 1.86. The van der Waals surface area contributed by atoms with Crippen molar-refractivity contribution in [2.75, 3.05) is 0 Å². The van der Waals surface area contributed by atoms with Crippen molar-refractivity contribution >= 4 is 5.78 Å². The van der Waals surface area contributed by atoms with E-state index >= 15 is 0 Å². The SMILES string of the molecule is CC1(C)C=CCC1=O. The summed E-state index contributed by atoms with van der Waals surface area (Å²) < 4.78 is 0. The lowest BCUT2D eigenvalue weighted by molar-refractivity contribution is -0.123. The van der Waals surface area contributed by atoms with Crippen molar-refractivity contribution in [2.24, 2.45) is 5.41 Å². The number of hydrogen-bond acceptors (Lipinski definition) is 1. The van der Waals surface area contributed by atoms with E-state index in [9.17, 15) is 4.79 Å². The van der Waals surface area contributed by atoms with Gasteiger partial charge in [0, 0.05) is 11.8 Å². The molecule has 0 atom stereocenters. The molecule has 0 aromatic carbocycles. The lowest BCUT2D eigenvalue weighted by atomic mass is 9.92. The molecule has 1 heteroatoms. The topological polar surface area (TPSA) is 17.1 Å². The van der Waals surface area contributed by atoms with Crippen molar-refractivity contribution in [1.82, 2.24) is 0 Å². The predicted molar refractivity (Wildman–Crippen MR) is 32.5 cm³/mol. The molecule has 0 aliphatic heterocycles.